The molecule has 0 spiro atoms. The van der Waals surface area contributed by atoms with Crippen LogP contribution in [0.1, 0.15) is 17.6 Å². The molecule has 0 N–H and O–H groups in total. The van der Waals surface area contributed by atoms with Crippen LogP contribution in [0.4, 0.5) is 22.0 Å². The van der Waals surface area contributed by atoms with Crippen LogP contribution in [0.15, 0.2) is 36.4 Å². The van der Waals surface area contributed by atoms with Gasteiger partial charge in [0.1, 0.15) is 0 Å². The van der Waals surface area contributed by atoms with Gasteiger partial charge in [0.25, 0.3) is 6.43 Å². The van der Waals surface area contributed by atoms with Crippen molar-refractivity contribution in [2.75, 3.05) is 0 Å². The molecule has 0 heterocycles. The third kappa shape index (κ3) is 3.30. The highest BCUT2D eigenvalue weighted by Crippen LogP contribution is 2.42. The van der Waals surface area contributed by atoms with Crippen molar-refractivity contribution in [2.24, 2.45) is 0 Å². The summed E-state index contributed by atoms with van der Waals surface area (Å²) in [7, 11) is 0. The quantitative estimate of drug-likeness (QED) is 0.539. The molecule has 0 saturated heterocycles. The summed E-state index contributed by atoms with van der Waals surface area (Å²) in [6.07, 6.45) is -7.60. The Kier molecular flexibility index (Phi) is 4.44. The molecule has 0 amide bonds. The highest BCUT2D eigenvalue weighted by Gasteiger charge is 2.32. The molecule has 0 nitrogen and oxygen atoms in total. The monoisotopic (exact) mass is 340 g/mol. The Labute approximate surface area is 127 Å². The number of halogens is 7. The van der Waals surface area contributed by atoms with E-state index in [1.165, 1.54) is 18.2 Å². The zero-order valence-corrected chi connectivity index (χ0v) is 11.7. The largest absolute Gasteiger partial charge is 0.416 e. The van der Waals surface area contributed by atoms with Gasteiger partial charge in [0.15, 0.2) is 0 Å². The molecule has 0 aliphatic rings. The van der Waals surface area contributed by atoms with E-state index in [4.69, 9.17) is 23.2 Å². The molecule has 112 valence electrons. The van der Waals surface area contributed by atoms with Gasteiger partial charge in [-0.1, -0.05) is 35.3 Å². The van der Waals surface area contributed by atoms with E-state index in [1.54, 1.807) is 0 Å². The third-order valence-corrected chi connectivity index (χ3v) is 3.48. The first-order valence-electron chi connectivity index (χ1n) is 5.65. The van der Waals surface area contributed by atoms with Crippen LogP contribution in [0.2, 0.25) is 10.0 Å². The molecule has 0 saturated carbocycles. The highest BCUT2D eigenvalue weighted by molar-refractivity contribution is 6.39. The predicted molar refractivity (Wildman–Crippen MR) is 71.9 cm³/mol. The van der Waals surface area contributed by atoms with Crippen molar-refractivity contribution in [1.82, 2.24) is 0 Å². The van der Waals surface area contributed by atoms with Crippen LogP contribution < -0.4 is 0 Å². The lowest BCUT2D eigenvalue weighted by molar-refractivity contribution is -0.137. The molecule has 0 bridgehead atoms. The number of hydrogen-bond acceptors (Lipinski definition) is 0. The van der Waals surface area contributed by atoms with E-state index in [-0.39, 0.29) is 21.2 Å². The molecule has 7 heteroatoms. The van der Waals surface area contributed by atoms with E-state index in [2.05, 4.69) is 0 Å². The van der Waals surface area contributed by atoms with E-state index in [9.17, 15) is 22.0 Å². The molecule has 2 rings (SSSR count). The average Bonchev–Trinajstić information content (AvgIpc) is 2.37. The molecule has 0 aliphatic heterocycles. The lowest BCUT2D eigenvalue weighted by atomic mass is 9.97. The highest BCUT2D eigenvalue weighted by atomic mass is 35.5. The summed E-state index contributed by atoms with van der Waals surface area (Å²) < 4.78 is 64.4. The Morgan fingerprint density at radius 1 is 0.905 bits per heavy atom. The van der Waals surface area contributed by atoms with Gasteiger partial charge in [-0.25, -0.2) is 8.78 Å². The van der Waals surface area contributed by atoms with E-state index in [0.717, 1.165) is 6.07 Å². The van der Waals surface area contributed by atoms with E-state index >= 15 is 0 Å². The summed E-state index contributed by atoms with van der Waals surface area (Å²) in [5, 5.41) is 0.00690. The van der Waals surface area contributed by atoms with Gasteiger partial charge in [-0.2, -0.15) is 13.2 Å². The Hall–Kier alpha value is -1.33. The molecule has 0 fully saturated rings. The van der Waals surface area contributed by atoms with Gasteiger partial charge in [-0.15, -0.1) is 0 Å². The molecular weight excluding hydrogens is 334 g/mol. The van der Waals surface area contributed by atoms with Crippen LogP contribution in [0.3, 0.4) is 0 Å². The zero-order chi connectivity index (χ0) is 15.8. The molecular formula is C14H7Cl2F5. The maximum Gasteiger partial charge on any atom is 0.416 e. The van der Waals surface area contributed by atoms with Crippen LogP contribution in [-0.2, 0) is 6.18 Å². The molecule has 2 aromatic carbocycles. The topological polar surface area (TPSA) is 0 Å². The van der Waals surface area contributed by atoms with E-state index in [0.29, 0.717) is 12.1 Å². The number of hydrogen-bond donors (Lipinski definition) is 0. The van der Waals surface area contributed by atoms with Gasteiger partial charge in [-0.3, -0.25) is 0 Å². The van der Waals surface area contributed by atoms with Crippen LogP contribution in [0.5, 0.6) is 0 Å². The second-order valence-corrected chi connectivity index (χ2v) is 5.01. The van der Waals surface area contributed by atoms with Crippen LogP contribution in [-0.4, -0.2) is 0 Å². The molecule has 0 radical (unpaired) electrons. The fraction of sp³-hybridized carbons (Fsp3) is 0.143. The van der Waals surface area contributed by atoms with Crippen LogP contribution in [0.25, 0.3) is 11.1 Å². The molecule has 21 heavy (non-hydrogen) atoms. The minimum atomic E-state index is -4.65. The van der Waals surface area contributed by atoms with Crippen molar-refractivity contribution < 1.29 is 22.0 Å². The number of benzene rings is 2. The van der Waals surface area contributed by atoms with Gasteiger partial charge in [0, 0.05) is 21.2 Å². The lowest BCUT2D eigenvalue weighted by Gasteiger charge is -2.15. The van der Waals surface area contributed by atoms with Crippen molar-refractivity contribution in [2.45, 2.75) is 12.6 Å². The third-order valence-electron chi connectivity index (χ3n) is 2.85. The van der Waals surface area contributed by atoms with Gasteiger partial charge in [0.2, 0.25) is 0 Å². The van der Waals surface area contributed by atoms with Crippen molar-refractivity contribution in [3.05, 3.63) is 57.6 Å². The van der Waals surface area contributed by atoms with Gasteiger partial charge in [0.05, 0.1) is 5.56 Å². The zero-order valence-electron chi connectivity index (χ0n) is 10.2. The van der Waals surface area contributed by atoms with Gasteiger partial charge >= 0.3 is 6.18 Å². The molecule has 2 aromatic rings. The number of rotatable bonds is 2. The summed E-state index contributed by atoms with van der Waals surface area (Å²) >= 11 is 11.8. The minimum Gasteiger partial charge on any atom is -0.205 e. The van der Waals surface area contributed by atoms with Gasteiger partial charge < -0.3 is 0 Å². The van der Waals surface area contributed by atoms with Crippen LogP contribution in [0, 0.1) is 0 Å². The van der Waals surface area contributed by atoms with E-state index in [1.807, 2.05) is 0 Å². The molecule has 0 aromatic heterocycles. The Balaban J connectivity index is 2.76. The summed E-state index contributed by atoms with van der Waals surface area (Å²) in [6.45, 7) is 0. The first-order valence-corrected chi connectivity index (χ1v) is 6.41. The summed E-state index contributed by atoms with van der Waals surface area (Å²) in [5.74, 6) is 0. The fourth-order valence-corrected chi connectivity index (χ4v) is 2.50. The first-order chi connectivity index (χ1) is 9.71. The Morgan fingerprint density at radius 2 is 1.48 bits per heavy atom. The number of alkyl halides is 5. The van der Waals surface area contributed by atoms with Gasteiger partial charge in [-0.05, 0) is 29.8 Å². The normalized spacial score (nSPS) is 12.0. The van der Waals surface area contributed by atoms with Crippen molar-refractivity contribution >= 4 is 23.2 Å². The summed E-state index contributed by atoms with van der Waals surface area (Å²) in [5.41, 5.74) is -1.96. The van der Waals surface area contributed by atoms with Crippen molar-refractivity contribution in [3.8, 4) is 11.1 Å². The molecule has 0 aliphatic carbocycles. The van der Waals surface area contributed by atoms with Crippen molar-refractivity contribution in [1.29, 1.82) is 0 Å². The summed E-state index contributed by atoms with van der Waals surface area (Å²) in [6, 6.07) is 6.20. The lowest BCUT2D eigenvalue weighted by Crippen LogP contribution is -2.06. The second kappa shape index (κ2) is 5.81. The second-order valence-electron chi connectivity index (χ2n) is 4.20. The fourth-order valence-electron chi connectivity index (χ4n) is 1.89. The standard InChI is InChI=1S/C14H7Cl2F5/c15-10-2-1-3-11(16)12(10)9-6-7(14(19,20)21)4-5-8(9)13(17)18/h1-6,13H. The Morgan fingerprint density at radius 3 is 1.95 bits per heavy atom. The minimum absolute atomic E-state index is 0.00345. The summed E-state index contributed by atoms with van der Waals surface area (Å²) in [4.78, 5) is 0. The SMILES string of the molecule is FC(F)c1ccc(C(F)(F)F)cc1-c1c(Cl)cccc1Cl. The molecule has 0 atom stereocenters. The Bertz CT molecular complexity index is 645. The van der Waals surface area contributed by atoms with Crippen LogP contribution >= 0.6 is 23.2 Å². The average molecular weight is 341 g/mol. The van der Waals surface area contributed by atoms with Crippen molar-refractivity contribution in [3.63, 3.8) is 0 Å². The maximum atomic E-state index is 13.0. The first kappa shape index (κ1) is 16.0. The maximum absolute atomic E-state index is 13.0. The smallest absolute Gasteiger partial charge is 0.205 e. The van der Waals surface area contributed by atoms with E-state index < -0.39 is 23.7 Å². The molecule has 0 unspecified atom stereocenters. The predicted octanol–water partition coefficient (Wildman–Crippen LogP) is 6.62.